The van der Waals surface area contributed by atoms with Crippen molar-refractivity contribution in [1.82, 2.24) is 5.43 Å². The molecule has 1 N–H and O–H groups in total. The average molecular weight is 512 g/mol. The van der Waals surface area contributed by atoms with Crippen LogP contribution in [0, 0.1) is 0 Å². The number of benzene rings is 3. The van der Waals surface area contributed by atoms with Crippen LogP contribution in [-0.4, -0.2) is 12.1 Å². The van der Waals surface area contributed by atoms with Gasteiger partial charge in [0.25, 0.3) is 0 Å². The molecule has 0 unspecified atom stereocenters. The van der Waals surface area contributed by atoms with Gasteiger partial charge in [0.2, 0.25) is 5.91 Å². The van der Waals surface area contributed by atoms with Crippen LogP contribution in [0.1, 0.15) is 11.3 Å². The molecule has 4 nitrogen and oxygen atoms in total. The van der Waals surface area contributed by atoms with Gasteiger partial charge in [-0.1, -0.05) is 74.3 Å². The van der Waals surface area contributed by atoms with E-state index in [1.165, 1.54) is 6.21 Å². The fourth-order valence-electron chi connectivity index (χ4n) is 3.05. The highest BCUT2D eigenvalue weighted by atomic mass is 79.9. The van der Waals surface area contributed by atoms with Gasteiger partial charge >= 0.3 is 0 Å². The molecule has 29 heavy (non-hydrogen) atoms. The van der Waals surface area contributed by atoms with E-state index in [0.717, 1.165) is 36.6 Å². The number of nitrogens with one attached hydrogen (secondary N) is 1. The molecule has 0 radical (unpaired) electrons. The van der Waals surface area contributed by atoms with Gasteiger partial charge in [-0.3, -0.25) is 4.79 Å². The molecule has 0 aliphatic carbocycles. The molecule has 0 saturated heterocycles. The number of hydrogen-bond donors (Lipinski definition) is 1. The van der Waals surface area contributed by atoms with Gasteiger partial charge in [0, 0.05) is 14.5 Å². The Labute approximate surface area is 184 Å². The second-order valence-electron chi connectivity index (χ2n) is 6.43. The number of hydrogen-bond acceptors (Lipinski definition) is 3. The molecule has 0 aliphatic heterocycles. The number of fused-ring (bicyclic) bond motifs is 1. The summed E-state index contributed by atoms with van der Waals surface area (Å²) >= 11 is 6.97. The van der Waals surface area contributed by atoms with Gasteiger partial charge in [-0.2, -0.15) is 5.10 Å². The zero-order valence-corrected chi connectivity index (χ0v) is 18.4. The topological polar surface area (TPSA) is 54.6 Å². The third-order valence-electron chi connectivity index (χ3n) is 4.45. The summed E-state index contributed by atoms with van der Waals surface area (Å²) in [7, 11) is 0. The number of rotatable bonds is 5. The SMILES string of the molecule is O=C(Cc1ccc(Br)c2ccccc12)N/N=C/c1ccc(-c2ccc(Br)cc2)o1. The fraction of sp³-hybridized carbons (Fsp3) is 0.0435. The summed E-state index contributed by atoms with van der Waals surface area (Å²) in [4.78, 5) is 12.3. The first-order chi connectivity index (χ1) is 14.1. The van der Waals surface area contributed by atoms with E-state index in [-0.39, 0.29) is 12.3 Å². The molecule has 4 rings (SSSR count). The summed E-state index contributed by atoms with van der Waals surface area (Å²) < 4.78 is 7.78. The summed E-state index contributed by atoms with van der Waals surface area (Å²) in [6, 6.07) is 23.4. The lowest BCUT2D eigenvalue weighted by atomic mass is 10.0. The van der Waals surface area contributed by atoms with Crippen LogP contribution in [0.2, 0.25) is 0 Å². The summed E-state index contributed by atoms with van der Waals surface area (Å²) in [6.45, 7) is 0. The van der Waals surface area contributed by atoms with Crippen LogP contribution >= 0.6 is 31.9 Å². The Morgan fingerprint density at radius 3 is 2.48 bits per heavy atom. The summed E-state index contributed by atoms with van der Waals surface area (Å²) in [5.74, 6) is 1.12. The highest BCUT2D eigenvalue weighted by Gasteiger charge is 2.08. The largest absolute Gasteiger partial charge is 0.455 e. The van der Waals surface area contributed by atoms with Gasteiger partial charge in [-0.15, -0.1) is 0 Å². The summed E-state index contributed by atoms with van der Waals surface area (Å²) in [5, 5.41) is 6.15. The van der Waals surface area contributed by atoms with Crippen LogP contribution in [0.25, 0.3) is 22.1 Å². The first-order valence-electron chi connectivity index (χ1n) is 8.94. The lowest BCUT2D eigenvalue weighted by Crippen LogP contribution is -2.19. The van der Waals surface area contributed by atoms with E-state index >= 15 is 0 Å². The van der Waals surface area contributed by atoms with Gasteiger partial charge in [-0.05, 0) is 46.7 Å². The van der Waals surface area contributed by atoms with E-state index in [9.17, 15) is 4.79 Å². The number of carbonyl (C=O) groups excluding carboxylic acids is 1. The third kappa shape index (κ3) is 4.66. The number of amides is 1. The Balaban J connectivity index is 1.41. The molecule has 1 amide bonds. The number of furan rings is 1. The second kappa shape index (κ2) is 8.76. The van der Waals surface area contributed by atoms with Crippen LogP contribution in [0.15, 0.2) is 91.3 Å². The fourth-order valence-corrected chi connectivity index (χ4v) is 3.79. The predicted octanol–water partition coefficient (Wildman–Crippen LogP) is 6.32. The molecule has 0 spiro atoms. The maximum atomic E-state index is 12.3. The van der Waals surface area contributed by atoms with Crippen LogP contribution in [0.3, 0.4) is 0 Å². The van der Waals surface area contributed by atoms with Crippen LogP contribution in [0.4, 0.5) is 0 Å². The molecule has 3 aromatic carbocycles. The van der Waals surface area contributed by atoms with E-state index in [2.05, 4.69) is 42.4 Å². The van der Waals surface area contributed by atoms with E-state index in [0.29, 0.717) is 5.76 Å². The minimum absolute atomic E-state index is 0.187. The Kier molecular flexibility index (Phi) is 5.92. The van der Waals surface area contributed by atoms with Crippen LogP contribution < -0.4 is 5.43 Å². The van der Waals surface area contributed by atoms with Crippen molar-refractivity contribution in [2.45, 2.75) is 6.42 Å². The Bertz CT molecular complexity index is 1200. The highest BCUT2D eigenvalue weighted by molar-refractivity contribution is 9.11. The van der Waals surface area contributed by atoms with Gasteiger partial charge in [0.1, 0.15) is 11.5 Å². The first-order valence-corrected chi connectivity index (χ1v) is 10.5. The average Bonchev–Trinajstić information content (AvgIpc) is 3.20. The minimum Gasteiger partial charge on any atom is -0.455 e. The van der Waals surface area contributed by atoms with Crippen molar-refractivity contribution >= 4 is 54.8 Å². The van der Waals surface area contributed by atoms with E-state index < -0.39 is 0 Å². The standard InChI is InChI=1S/C23H16Br2N2O2/c24-17-8-5-15(6-9-17)22-12-10-18(29-22)14-26-27-23(28)13-16-7-11-21(25)20-4-2-1-3-19(16)20/h1-12,14H,13H2,(H,27,28)/b26-14+. The van der Waals surface area contributed by atoms with Crippen molar-refractivity contribution in [3.8, 4) is 11.3 Å². The Morgan fingerprint density at radius 2 is 1.69 bits per heavy atom. The molecule has 0 bridgehead atoms. The smallest absolute Gasteiger partial charge is 0.244 e. The number of carbonyl (C=O) groups is 1. The maximum Gasteiger partial charge on any atom is 0.244 e. The number of hydrazone groups is 1. The molecule has 1 aromatic heterocycles. The highest BCUT2D eigenvalue weighted by Crippen LogP contribution is 2.27. The predicted molar refractivity (Wildman–Crippen MR) is 123 cm³/mol. The van der Waals surface area contributed by atoms with Crippen molar-refractivity contribution < 1.29 is 9.21 Å². The zero-order valence-electron chi connectivity index (χ0n) is 15.2. The van der Waals surface area contributed by atoms with Crippen molar-refractivity contribution in [3.05, 3.63) is 93.1 Å². The van der Waals surface area contributed by atoms with Crippen molar-refractivity contribution in [1.29, 1.82) is 0 Å². The lowest BCUT2D eigenvalue weighted by molar-refractivity contribution is -0.120. The molecular formula is C23H16Br2N2O2. The zero-order chi connectivity index (χ0) is 20.2. The van der Waals surface area contributed by atoms with Crippen LogP contribution in [-0.2, 0) is 11.2 Å². The molecule has 144 valence electrons. The quantitative estimate of drug-likeness (QED) is 0.252. The van der Waals surface area contributed by atoms with E-state index in [1.807, 2.05) is 72.8 Å². The Morgan fingerprint density at radius 1 is 0.931 bits per heavy atom. The van der Waals surface area contributed by atoms with Gasteiger partial charge in [0.15, 0.2) is 0 Å². The van der Waals surface area contributed by atoms with Crippen LogP contribution in [0.5, 0.6) is 0 Å². The third-order valence-corrected chi connectivity index (χ3v) is 5.67. The first kappa shape index (κ1) is 19.6. The lowest BCUT2D eigenvalue weighted by Gasteiger charge is -2.07. The molecule has 1 heterocycles. The van der Waals surface area contributed by atoms with E-state index in [4.69, 9.17) is 4.42 Å². The molecule has 0 aliphatic rings. The number of halogens is 2. The Hall–Kier alpha value is -2.70. The normalized spacial score (nSPS) is 11.2. The van der Waals surface area contributed by atoms with Gasteiger partial charge in [-0.25, -0.2) is 5.43 Å². The van der Waals surface area contributed by atoms with Gasteiger partial charge < -0.3 is 4.42 Å². The molecule has 0 saturated carbocycles. The van der Waals surface area contributed by atoms with Crippen molar-refractivity contribution in [2.75, 3.05) is 0 Å². The van der Waals surface area contributed by atoms with Gasteiger partial charge in [0.05, 0.1) is 12.6 Å². The van der Waals surface area contributed by atoms with E-state index in [1.54, 1.807) is 0 Å². The minimum atomic E-state index is -0.187. The molecule has 4 aromatic rings. The molecule has 6 heteroatoms. The molecular weight excluding hydrogens is 496 g/mol. The monoisotopic (exact) mass is 510 g/mol. The molecule has 0 fully saturated rings. The maximum absolute atomic E-state index is 12.3. The summed E-state index contributed by atoms with van der Waals surface area (Å²) in [5.41, 5.74) is 4.49. The van der Waals surface area contributed by atoms with Crippen molar-refractivity contribution in [3.63, 3.8) is 0 Å². The summed E-state index contributed by atoms with van der Waals surface area (Å²) in [6.07, 6.45) is 1.74. The second-order valence-corrected chi connectivity index (χ2v) is 8.20. The van der Waals surface area contributed by atoms with Crippen molar-refractivity contribution in [2.24, 2.45) is 5.10 Å². The number of nitrogens with zero attached hydrogens (tertiary/aromatic N) is 1. The molecule has 0 atom stereocenters.